The molecule has 0 amide bonds. The molecular weight excluding hydrogens is 226 g/mol. The minimum absolute atomic E-state index is 0.267. The summed E-state index contributed by atoms with van der Waals surface area (Å²) in [7, 11) is 2.89. The minimum atomic E-state index is 0.267. The van der Waals surface area contributed by atoms with Gasteiger partial charge in [-0.3, -0.25) is 3.02 Å². The lowest BCUT2D eigenvalue weighted by Crippen LogP contribution is -2.41. The fourth-order valence-electron chi connectivity index (χ4n) is 0.376. The van der Waals surface area contributed by atoms with E-state index in [2.05, 4.69) is 51.9 Å². The summed E-state index contributed by atoms with van der Waals surface area (Å²) in [6.45, 7) is 6.57. The molecule has 0 atom stereocenters. The Hall–Kier alpha value is 0.715. The number of hydrogen-bond donors (Lipinski definition) is 1. The fourth-order valence-corrected chi connectivity index (χ4v) is 0.717. The first-order valence-electron chi connectivity index (χ1n) is 3.06. The van der Waals surface area contributed by atoms with E-state index in [4.69, 9.17) is 0 Å². The van der Waals surface area contributed by atoms with Gasteiger partial charge in [0.2, 0.25) is 0 Å². The van der Waals surface area contributed by atoms with Crippen molar-refractivity contribution in [3.8, 4) is 0 Å². The van der Waals surface area contributed by atoms with Gasteiger partial charge in [0.1, 0.15) is 0 Å². The highest BCUT2D eigenvalue weighted by molar-refractivity contribution is 14.1. The van der Waals surface area contributed by atoms with Crippen molar-refractivity contribution >= 4 is 30.4 Å². The number of halogens is 1. The maximum atomic E-state index is 3.09. The third-order valence-corrected chi connectivity index (χ3v) is 2.81. The molecule has 0 fully saturated rings. The van der Waals surface area contributed by atoms with Crippen molar-refractivity contribution in [1.82, 2.24) is 8.25 Å². The van der Waals surface area contributed by atoms with Crippen LogP contribution >= 0.6 is 22.9 Å². The van der Waals surface area contributed by atoms with Crippen molar-refractivity contribution in [2.75, 3.05) is 7.05 Å². The Bertz CT molecular complexity index is 81.5. The summed E-state index contributed by atoms with van der Waals surface area (Å²) in [6, 6.07) is 0. The van der Waals surface area contributed by atoms with Crippen molar-refractivity contribution < 1.29 is 0 Å². The Labute approximate surface area is 72.2 Å². The van der Waals surface area contributed by atoms with E-state index >= 15 is 0 Å². The second kappa shape index (κ2) is 3.78. The highest BCUT2D eigenvalue weighted by Gasteiger charge is 2.17. The van der Waals surface area contributed by atoms with E-state index in [9.17, 15) is 0 Å². The molecule has 0 bridgehead atoms. The van der Waals surface area contributed by atoms with Crippen LogP contribution in [-0.2, 0) is 0 Å². The van der Waals surface area contributed by atoms with Gasteiger partial charge in [0.15, 0.2) is 0 Å². The van der Waals surface area contributed by atoms with E-state index in [1.54, 1.807) is 0 Å². The van der Waals surface area contributed by atoms with E-state index in [1.165, 1.54) is 0 Å². The molecule has 4 heteroatoms. The molecular formula is C5H14BIN2. The van der Waals surface area contributed by atoms with Crippen molar-refractivity contribution in [3.05, 3.63) is 0 Å². The Balaban J connectivity index is 3.59. The largest absolute Gasteiger partial charge is 0.347 e. The van der Waals surface area contributed by atoms with E-state index in [1.807, 2.05) is 7.05 Å². The second-order valence-electron chi connectivity index (χ2n) is 3.04. The predicted molar refractivity (Wildman–Crippen MR) is 51.8 cm³/mol. The molecule has 54 valence electrons. The molecule has 0 heterocycles. The third-order valence-electron chi connectivity index (χ3n) is 1.02. The van der Waals surface area contributed by atoms with E-state index < -0.39 is 0 Å². The van der Waals surface area contributed by atoms with Gasteiger partial charge in [0.25, 0.3) is 7.55 Å². The Morgan fingerprint density at radius 2 is 1.89 bits per heavy atom. The molecule has 0 aromatic heterocycles. The van der Waals surface area contributed by atoms with Gasteiger partial charge in [0, 0.05) is 28.4 Å². The molecule has 0 spiro atoms. The lowest BCUT2D eigenvalue weighted by molar-refractivity contribution is 0.415. The van der Waals surface area contributed by atoms with Gasteiger partial charge < -0.3 is 5.23 Å². The zero-order valence-electron chi connectivity index (χ0n) is 6.53. The average molecular weight is 240 g/mol. The van der Waals surface area contributed by atoms with Crippen LogP contribution in [-0.4, -0.2) is 23.2 Å². The van der Waals surface area contributed by atoms with Crippen LogP contribution in [0, 0.1) is 0 Å². The van der Waals surface area contributed by atoms with Gasteiger partial charge >= 0.3 is 0 Å². The predicted octanol–water partition coefficient (Wildman–Crippen LogP) is 0.923. The molecule has 0 aromatic carbocycles. The van der Waals surface area contributed by atoms with Crippen molar-refractivity contribution in [2.45, 2.75) is 26.3 Å². The van der Waals surface area contributed by atoms with Gasteiger partial charge in [-0.25, -0.2) is 0 Å². The van der Waals surface area contributed by atoms with Crippen molar-refractivity contribution in [1.29, 1.82) is 0 Å². The molecule has 0 aliphatic carbocycles. The SMILES string of the molecule is CNBN(I)C(C)(C)C. The Kier molecular flexibility index (Phi) is 4.08. The van der Waals surface area contributed by atoms with E-state index in [0.717, 1.165) is 7.55 Å². The van der Waals surface area contributed by atoms with Crippen LogP contribution in [0.25, 0.3) is 0 Å². The van der Waals surface area contributed by atoms with Crippen LogP contribution in [0.3, 0.4) is 0 Å². The number of nitrogens with zero attached hydrogens (tertiary/aromatic N) is 1. The molecule has 1 N–H and O–H groups in total. The highest BCUT2D eigenvalue weighted by atomic mass is 127. The molecule has 0 aliphatic rings. The Morgan fingerprint density at radius 1 is 1.44 bits per heavy atom. The molecule has 0 radical (unpaired) electrons. The number of nitrogens with one attached hydrogen (secondary N) is 1. The topological polar surface area (TPSA) is 15.3 Å². The standard InChI is InChI=1S/C5H14BIN2/c1-5(2,3)9(7)6-8-4/h6,8H,1-4H3. The third kappa shape index (κ3) is 4.16. The van der Waals surface area contributed by atoms with Crippen molar-refractivity contribution in [2.24, 2.45) is 0 Å². The van der Waals surface area contributed by atoms with Crippen LogP contribution in [0.1, 0.15) is 20.8 Å². The monoisotopic (exact) mass is 240 g/mol. The quantitative estimate of drug-likeness (QED) is 0.438. The maximum Gasteiger partial charge on any atom is 0.298 e. The van der Waals surface area contributed by atoms with Crippen LogP contribution in [0.4, 0.5) is 0 Å². The van der Waals surface area contributed by atoms with E-state index in [0.29, 0.717) is 0 Å². The summed E-state index contributed by atoms with van der Waals surface area (Å²) in [5.41, 5.74) is 0.267. The smallest absolute Gasteiger partial charge is 0.298 e. The molecule has 2 nitrogen and oxygen atoms in total. The van der Waals surface area contributed by atoms with Gasteiger partial charge in [-0.05, 0) is 27.8 Å². The molecule has 0 aromatic rings. The maximum absolute atomic E-state index is 3.09. The number of rotatable bonds is 2. The van der Waals surface area contributed by atoms with E-state index in [-0.39, 0.29) is 5.54 Å². The molecule has 0 rings (SSSR count). The number of hydrogen-bond acceptors (Lipinski definition) is 2. The average Bonchev–Trinajstić information content (AvgIpc) is 1.64. The van der Waals surface area contributed by atoms with Crippen LogP contribution < -0.4 is 5.23 Å². The second-order valence-corrected chi connectivity index (χ2v) is 4.21. The lowest BCUT2D eigenvalue weighted by atomic mass is 10.0. The van der Waals surface area contributed by atoms with Crippen molar-refractivity contribution in [3.63, 3.8) is 0 Å². The summed E-state index contributed by atoms with van der Waals surface area (Å²) < 4.78 is 2.23. The summed E-state index contributed by atoms with van der Waals surface area (Å²) in [6.07, 6.45) is 0. The molecule has 0 aliphatic heterocycles. The first kappa shape index (κ1) is 9.71. The van der Waals surface area contributed by atoms with Gasteiger partial charge in [0.05, 0.1) is 0 Å². The first-order chi connectivity index (χ1) is 3.98. The molecule has 0 unspecified atom stereocenters. The summed E-state index contributed by atoms with van der Waals surface area (Å²) >= 11 is 2.32. The molecule has 0 saturated carbocycles. The van der Waals surface area contributed by atoms with Gasteiger partial charge in [-0.15, -0.1) is 0 Å². The van der Waals surface area contributed by atoms with Crippen LogP contribution in [0.2, 0.25) is 0 Å². The molecule has 0 saturated heterocycles. The summed E-state index contributed by atoms with van der Waals surface area (Å²) in [4.78, 5) is 0. The molecule has 9 heavy (non-hydrogen) atoms. The fraction of sp³-hybridized carbons (Fsp3) is 1.00. The normalized spacial score (nSPS) is 12.2. The van der Waals surface area contributed by atoms with Crippen LogP contribution in [0.5, 0.6) is 0 Å². The zero-order chi connectivity index (χ0) is 7.49. The zero-order valence-corrected chi connectivity index (χ0v) is 8.69. The summed E-state index contributed by atoms with van der Waals surface area (Å²) in [5, 5.41) is 3.09. The van der Waals surface area contributed by atoms with Crippen LogP contribution in [0.15, 0.2) is 0 Å². The lowest BCUT2D eigenvalue weighted by Gasteiger charge is -2.28. The van der Waals surface area contributed by atoms with Gasteiger partial charge in [-0.1, -0.05) is 0 Å². The minimum Gasteiger partial charge on any atom is -0.347 e. The summed E-state index contributed by atoms with van der Waals surface area (Å²) in [5.74, 6) is 0. The first-order valence-corrected chi connectivity index (χ1v) is 4.03. The highest BCUT2D eigenvalue weighted by Crippen LogP contribution is 2.14. The Morgan fingerprint density at radius 3 is 2.00 bits per heavy atom. The van der Waals surface area contributed by atoms with Gasteiger partial charge in [-0.2, -0.15) is 0 Å².